The molecule has 0 spiro atoms. The summed E-state index contributed by atoms with van der Waals surface area (Å²) in [5, 5.41) is 0. The Kier molecular flexibility index (Phi) is 7.38. The average molecular weight is 472 g/mol. The van der Waals surface area contributed by atoms with E-state index in [0.717, 1.165) is 56.2 Å². The van der Waals surface area contributed by atoms with Crippen molar-refractivity contribution in [1.82, 2.24) is 19.1 Å². The molecule has 0 N–H and O–H groups in total. The molecule has 0 radical (unpaired) electrons. The number of nitrogens with zero attached hydrogens (tertiary/aromatic N) is 5. The van der Waals surface area contributed by atoms with Gasteiger partial charge in [0.25, 0.3) is 0 Å². The number of pyridine rings is 1. The standard InChI is InChI=1S/C25H37N5O2S/c1-20(2)27-11-13-29(14-12-27)25-10-7-23(19-26-25)22-5-8-24(9-6-22)33(31,32)30-17-15-28(16-18-30)21(3)4/h5-10,19-21H,11-18H2,1-4H3. The highest BCUT2D eigenvalue weighted by atomic mass is 32.2. The van der Waals surface area contributed by atoms with Crippen LogP contribution in [0.25, 0.3) is 11.1 Å². The fourth-order valence-electron chi connectivity index (χ4n) is 4.64. The predicted molar refractivity (Wildman–Crippen MR) is 134 cm³/mol. The van der Waals surface area contributed by atoms with Crippen molar-refractivity contribution in [2.24, 2.45) is 0 Å². The van der Waals surface area contributed by atoms with Crippen LogP contribution in [0.4, 0.5) is 5.82 Å². The summed E-state index contributed by atoms with van der Waals surface area (Å²) in [5.41, 5.74) is 1.97. The lowest BCUT2D eigenvalue weighted by Gasteiger charge is -2.37. The minimum atomic E-state index is -3.46. The van der Waals surface area contributed by atoms with Gasteiger partial charge in [0.15, 0.2) is 0 Å². The van der Waals surface area contributed by atoms with Gasteiger partial charge in [-0.3, -0.25) is 9.80 Å². The molecule has 4 rings (SSSR count). The minimum absolute atomic E-state index is 0.358. The van der Waals surface area contributed by atoms with E-state index in [4.69, 9.17) is 4.98 Å². The fourth-order valence-corrected chi connectivity index (χ4v) is 6.06. The van der Waals surface area contributed by atoms with E-state index in [-0.39, 0.29) is 0 Å². The molecule has 0 bridgehead atoms. The third-order valence-electron chi connectivity index (χ3n) is 6.95. The summed E-state index contributed by atoms with van der Waals surface area (Å²) in [4.78, 5) is 12.2. The summed E-state index contributed by atoms with van der Waals surface area (Å²) >= 11 is 0. The minimum Gasteiger partial charge on any atom is -0.354 e. The Morgan fingerprint density at radius 3 is 1.70 bits per heavy atom. The molecule has 0 saturated carbocycles. The van der Waals surface area contributed by atoms with E-state index in [0.29, 0.717) is 30.1 Å². The van der Waals surface area contributed by atoms with E-state index in [1.807, 2.05) is 18.3 Å². The van der Waals surface area contributed by atoms with Crippen molar-refractivity contribution in [3.05, 3.63) is 42.6 Å². The molecular formula is C25H37N5O2S. The van der Waals surface area contributed by atoms with Gasteiger partial charge < -0.3 is 4.90 Å². The second kappa shape index (κ2) is 10.1. The van der Waals surface area contributed by atoms with Crippen molar-refractivity contribution in [3.63, 3.8) is 0 Å². The monoisotopic (exact) mass is 471 g/mol. The van der Waals surface area contributed by atoms with Crippen molar-refractivity contribution >= 4 is 15.8 Å². The molecule has 0 atom stereocenters. The van der Waals surface area contributed by atoms with Gasteiger partial charge in [-0.25, -0.2) is 13.4 Å². The maximum Gasteiger partial charge on any atom is 0.243 e. The van der Waals surface area contributed by atoms with Gasteiger partial charge in [0.05, 0.1) is 4.90 Å². The summed E-state index contributed by atoms with van der Waals surface area (Å²) in [5.74, 6) is 1.00. The Morgan fingerprint density at radius 2 is 1.21 bits per heavy atom. The molecule has 180 valence electrons. The largest absolute Gasteiger partial charge is 0.354 e. The summed E-state index contributed by atoms with van der Waals surface area (Å²) in [6.07, 6.45) is 1.89. The number of hydrogen-bond donors (Lipinski definition) is 0. The molecule has 7 nitrogen and oxygen atoms in total. The second-order valence-electron chi connectivity index (χ2n) is 9.58. The Bertz CT molecular complexity index is 1010. The Hall–Kier alpha value is -2.00. The molecule has 33 heavy (non-hydrogen) atoms. The number of anilines is 1. The van der Waals surface area contributed by atoms with Crippen molar-refractivity contribution in [1.29, 1.82) is 0 Å². The van der Waals surface area contributed by atoms with Crippen LogP contribution < -0.4 is 4.90 Å². The third-order valence-corrected chi connectivity index (χ3v) is 8.86. The molecule has 3 heterocycles. The van der Waals surface area contributed by atoms with E-state index in [1.54, 1.807) is 16.4 Å². The van der Waals surface area contributed by atoms with Gasteiger partial charge in [0.1, 0.15) is 5.82 Å². The van der Waals surface area contributed by atoms with Gasteiger partial charge in [-0.1, -0.05) is 12.1 Å². The number of sulfonamides is 1. The molecule has 0 unspecified atom stereocenters. The summed E-state index contributed by atoms with van der Waals surface area (Å²) in [6, 6.07) is 12.4. The zero-order valence-electron chi connectivity index (χ0n) is 20.3. The smallest absolute Gasteiger partial charge is 0.243 e. The van der Waals surface area contributed by atoms with Crippen LogP contribution in [0, 0.1) is 0 Å². The highest BCUT2D eigenvalue weighted by Crippen LogP contribution is 2.25. The first kappa shape index (κ1) is 24.1. The Balaban J connectivity index is 1.40. The van der Waals surface area contributed by atoms with Gasteiger partial charge in [0, 0.05) is 76.2 Å². The normalized spacial score (nSPS) is 19.5. The van der Waals surface area contributed by atoms with E-state index in [1.165, 1.54) is 0 Å². The van der Waals surface area contributed by atoms with Crippen LogP contribution in [0.3, 0.4) is 0 Å². The molecule has 2 saturated heterocycles. The molecule has 0 aliphatic carbocycles. The lowest BCUT2D eigenvalue weighted by Crippen LogP contribution is -2.50. The number of benzene rings is 1. The van der Waals surface area contributed by atoms with Crippen LogP contribution in [0.5, 0.6) is 0 Å². The number of piperazine rings is 2. The fraction of sp³-hybridized carbons (Fsp3) is 0.560. The third kappa shape index (κ3) is 5.40. The Morgan fingerprint density at radius 1 is 0.697 bits per heavy atom. The molecule has 2 fully saturated rings. The summed E-state index contributed by atoms with van der Waals surface area (Å²) in [7, 11) is -3.46. The van der Waals surface area contributed by atoms with Gasteiger partial charge in [-0.05, 0) is 57.5 Å². The van der Waals surface area contributed by atoms with Crippen LogP contribution >= 0.6 is 0 Å². The lowest BCUT2D eigenvalue weighted by atomic mass is 10.1. The number of hydrogen-bond acceptors (Lipinski definition) is 6. The maximum atomic E-state index is 13.1. The molecule has 1 aromatic carbocycles. The van der Waals surface area contributed by atoms with E-state index in [9.17, 15) is 8.42 Å². The number of rotatable bonds is 6. The maximum absolute atomic E-state index is 13.1. The quantitative estimate of drug-likeness (QED) is 0.646. The van der Waals surface area contributed by atoms with Crippen LogP contribution in [0.15, 0.2) is 47.5 Å². The second-order valence-corrected chi connectivity index (χ2v) is 11.5. The van der Waals surface area contributed by atoms with E-state index in [2.05, 4.69) is 54.5 Å². The van der Waals surface area contributed by atoms with Crippen molar-refractivity contribution < 1.29 is 8.42 Å². The van der Waals surface area contributed by atoms with Crippen molar-refractivity contribution in [3.8, 4) is 11.1 Å². The van der Waals surface area contributed by atoms with E-state index >= 15 is 0 Å². The Labute approximate surface area is 199 Å². The summed E-state index contributed by atoms with van der Waals surface area (Å²) < 4.78 is 27.8. The predicted octanol–water partition coefficient (Wildman–Crippen LogP) is 2.99. The summed E-state index contributed by atoms with van der Waals surface area (Å²) in [6.45, 7) is 15.5. The SMILES string of the molecule is CC(C)N1CCN(c2ccc(-c3ccc(S(=O)(=O)N4CCN(C(C)C)CC4)cc3)cn2)CC1. The average Bonchev–Trinajstić information content (AvgIpc) is 2.84. The first-order chi connectivity index (χ1) is 15.8. The highest BCUT2D eigenvalue weighted by Gasteiger charge is 2.29. The van der Waals surface area contributed by atoms with Gasteiger partial charge in [-0.15, -0.1) is 0 Å². The zero-order chi connectivity index (χ0) is 23.6. The van der Waals surface area contributed by atoms with Crippen molar-refractivity contribution in [2.45, 2.75) is 44.7 Å². The highest BCUT2D eigenvalue weighted by molar-refractivity contribution is 7.89. The molecule has 0 amide bonds. The first-order valence-corrected chi connectivity index (χ1v) is 13.5. The van der Waals surface area contributed by atoms with E-state index < -0.39 is 10.0 Å². The van der Waals surface area contributed by atoms with Crippen LogP contribution in [0.2, 0.25) is 0 Å². The molecule has 2 aliphatic rings. The topological polar surface area (TPSA) is 60.0 Å². The van der Waals surface area contributed by atoms with Crippen LogP contribution in [0.1, 0.15) is 27.7 Å². The van der Waals surface area contributed by atoms with Gasteiger partial charge in [-0.2, -0.15) is 4.31 Å². The van der Waals surface area contributed by atoms with Gasteiger partial charge >= 0.3 is 0 Å². The zero-order valence-corrected chi connectivity index (χ0v) is 21.1. The molecule has 2 aliphatic heterocycles. The molecule has 8 heteroatoms. The van der Waals surface area contributed by atoms with Crippen molar-refractivity contribution in [2.75, 3.05) is 57.3 Å². The molecule has 1 aromatic heterocycles. The van der Waals surface area contributed by atoms with Crippen LogP contribution in [-0.2, 0) is 10.0 Å². The lowest BCUT2D eigenvalue weighted by molar-refractivity contribution is 0.154. The molecule has 2 aromatic rings. The molecular weight excluding hydrogens is 434 g/mol. The van der Waals surface area contributed by atoms with Crippen LogP contribution in [-0.4, -0.2) is 91.9 Å². The first-order valence-electron chi connectivity index (χ1n) is 12.1. The number of aromatic nitrogens is 1. The van der Waals surface area contributed by atoms with Gasteiger partial charge in [0.2, 0.25) is 10.0 Å².